The first-order valence-corrected chi connectivity index (χ1v) is 7.77. The molecule has 1 atom stereocenters. The van der Waals surface area contributed by atoms with Crippen LogP contribution in [0.3, 0.4) is 0 Å². The van der Waals surface area contributed by atoms with Crippen LogP contribution >= 0.6 is 7.37 Å². The smallest absolute Gasteiger partial charge is 0.262 e. The van der Waals surface area contributed by atoms with E-state index in [2.05, 4.69) is 0 Å². The van der Waals surface area contributed by atoms with Gasteiger partial charge in [-0.2, -0.15) is 0 Å². The van der Waals surface area contributed by atoms with Crippen molar-refractivity contribution in [1.82, 2.24) is 0 Å². The standard InChI is InChI=1S/C13H19O3P/c1-2-16-17(15,12-8-4-3-5-9-12)13(14)10-6-7-11-13/h3-5,8-9,14H,2,6-7,10-11H2,1H3. The molecule has 17 heavy (non-hydrogen) atoms. The molecule has 1 fully saturated rings. The van der Waals surface area contributed by atoms with Crippen molar-refractivity contribution in [3.8, 4) is 0 Å². The minimum absolute atomic E-state index is 0.356. The zero-order valence-corrected chi connectivity index (χ0v) is 11.0. The van der Waals surface area contributed by atoms with Crippen LogP contribution in [0.25, 0.3) is 0 Å². The van der Waals surface area contributed by atoms with Crippen molar-refractivity contribution in [2.24, 2.45) is 0 Å². The van der Waals surface area contributed by atoms with Crippen molar-refractivity contribution in [3.63, 3.8) is 0 Å². The van der Waals surface area contributed by atoms with Crippen molar-refractivity contribution < 1.29 is 14.2 Å². The second-order valence-electron chi connectivity index (χ2n) is 4.49. The molecule has 1 N–H and O–H groups in total. The molecule has 94 valence electrons. The summed E-state index contributed by atoms with van der Waals surface area (Å²) in [6.07, 6.45) is 2.97. The molecule has 1 aliphatic carbocycles. The highest BCUT2D eigenvalue weighted by molar-refractivity contribution is 7.68. The van der Waals surface area contributed by atoms with Gasteiger partial charge < -0.3 is 9.63 Å². The van der Waals surface area contributed by atoms with E-state index in [-0.39, 0.29) is 0 Å². The number of aliphatic hydroxyl groups is 1. The fourth-order valence-corrected chi connectivity index (χ4v) is 5.18. The van der Waals surface area contributed by atoms with Crippen molar-refractivity contribution in [2.45, 2.75) is 37.9 Å². The zero-order valence-electron chi connectivity index (χ0n) is 10.1. The summed E-state index contributed by atoms with van der Waals surface area (Å²) in [5, 5.41) is 10.1. The fraction of sp³-hybridized carbons (Fsp3) is 0.538. The molecule has 0 heterocycles. The van der Waals surface area contributed by atoms with Crippen LogP contribution in [0.2, 0.25) is 0 Å². The van der Waals surface area contributed by atoms with E-state index >= 15 is 0 Å². The first kappa shape index (κ1) is 12.8. The van der Waals surface area contributed by atoms with Crippen LogP contribution < -0.4 is 5.30 Å². The van der Waals surface area contributed by atoms with Crippen molar-refractivity contribution >= 4 is 12.7 Å². The molecule has 1 aliphatic rings. The Morgan fingerprint density at radius 2 is 1.88 bits per heavy atom. The first-order valence-electron chi connectivity index (χ1n) is 6.15. The third-order valence-electron chi connectivity index (χ3n) is 3.36. The van der Waals surface area contributed by atoms with Crippen LogP contribution in [0.15, 0.2) is 30.3 Å². The second kappa shape index (κ2) is 4.93. The highest BCUT2D eigenvalue weighted by Gasteiger charge is 2.50. The Morgan fingerprint density at radius 3 is 2.41 bits per heavy atom. The van der Waals surface area contributed by atoms with E-state index in [4.69, 9.17) is 4.52 Å². The Kier molecular flexibility index (Phi) is 3.72. The average Bonchev–Trinajstić information content (AvgIpc) is 2.79. The molecule has 1 unspecified atom stereocenters. The lowest BCUT2D eigenvalue weighted by Crippen LogP contribution is -2.31. The molecule has 1 aromatic rings. The molecule has 0 bridgehead atoms. The van der Waals surface area contributed by atoms with Gasteiger partial charge in [-0.3, -0.25) is 4.57 Å². The Labute approximate surface area is 102 Å². The van der Waals surface area contributed by atoms with Crippen LogP contribution in [0, 0.1) is 0 Å². The van der Waals surface area contributed by atoms with Crippen LogP contribution in [-0.4, -0.2) is 17.1 Å². The molecule has 0 amide bonds. The predicted octanol–water partition coefficient (Wildman–Crippen LogP) is 2.89. The molecule has 1 saturated carbocycles. The lowest BCUT2D eigenvalue weighted by molar-refractivity contribution is 0.111. The van der Waals surface area contributed by atoms with Crippen molar-refractivity contribution in [3.05, 3.63) is 30.3 Å². The van der Waals surface area contributed by atoms with Gasteiger partial charge in [0.1, 0.15) is 5.34 Å². The molecule has 4 heteroatoms. The van der Waals surface area contributed by atoms with Gasteiger partial charge in [0.15, 0.2) is 0 Å². The lowest BCUT2D eigenvalue weighted by atomic mass is 10.3. The van der Waals surface area contributed by atoms with Gasteiger partial charge in [-0.05, 0) is 44.7 Å². The Bertz CT molecular complexity index is 410. The van der Waals surface area contributed by atoms with Gasteiger partial charge in [0.2, 0.25) is 0 Å². The Morgan fingerprint density at radius 1 is 1.29 bits per heavy atom. The molecule has 2 rings (SSSR count). The molecule has 0 aromatic heterocycles. The summed E-state index contributed by atoms with van der Waals surface area (Å²) in [5.74, 6) is 0. The summed E-state index contributed by atoms with van der Waals surface area (Å²) in [4.78, 5) is 0. The van der Waals surface area contributed by atoms with Gasteiger partial charge in [0.05, 0.1) is 6.61 Å². The maximum atomic E-state index is 13.1. The van der Waals surface area contributed by atoms with E-state index < -0.39 is 12.7 Å². The van der Waals surface area contributed by atoms with Crippen molar-refractivity contribution in [1.29, 1.82) is 0 Å². The normalized spacial score (nSPS) is 22.2. The van der Waals surface area contributed by atoms with Gasteiger partial charge in [-0.25, -0.2) is 0 Å². The van der Waals surface area contributed by atoms with Gasteiger partial charge in [-0.1, -0.05) is 18.2 Å². The van der Waals surface area contributed by atoms with Gasteiger partial charge in [0, 0.05) is 5.30 Å². The highest BCUT2D eigenvalue weighted by atomic mass is 31.2. The van der Waals surface area contributed by atoms with Crippen LogP contribution in [-0.2, 0) is 9.09 Å². The molecule has 0 radical (unpaired) electrons. The van der Waals surface area contributed by atoms with Crippen molar-refractivity contribution in [2.75, 3.05) is 6.61 Å². The minimum atomic E-state index is -3.18. The summed E-state index contributed by atoms with van der Waals surface area (Å²) in [6.45, 7) is 2.17. The number of hydrogen-bond acceptors (Lipinski definition) is 3. The minimum Gasteiger partial charge on any atom is -0.379 e. The highest BCUT2D eigenvalue weighted by Crippen LogP contribution is 2.62. The molecule has 0 spiro atoms. The SMILES string of the molecule is CCOP(=O)(c1ccccc1)C1(O)CCCC1. The van der Waals surface area contributed by atoms with E-state index in [1.54, 1.807) is 12.1 Å². The molecule has 0 aliphatic heterocycles. The summed E-state index contributed by atoms with van der Waals surface area (Å²) < 4.78 is 18.6. The summed E-state index contributed by atoms with van der Waals surface area (Å²) in [6, 6.07) is 9.11. The maximum Gasteiger partial charge on any atom is 0.262 e. The zero-order chi connectivity index (χ0) is 12.4. The molecular weight excluding hydrogens is 235 g/mol. The third-order valence-corrected chi connectivity index (χ3v) is 6.50. The van der Waals surface area contributed by atoms with E-state index in [1.165, 1.54) is 0 Å². The van der Waals surface area contributed by atoms with Crippen LogP contribution in [0.1, 0.15) is 32.6 Å². The van der Waals surface area contributed by atoms with Gasteiger partial charge in [-0.15, -0.1) is 0 Å². The predicted molar refractivity (Wildman–Crippen MR) is 68.7 cm³/mol. The lowest BCUT2D eigenvalue weighted by Gasteiger charge is -2.32. The monoisotopic (exact) mass is 254 g/mol. The van der Waals surface area contributed by atoms with E-state index in [1.807, 2.05) is 25.1 Å². The molecule has 0 saturated heterocycles. The quantitative estimate of drug-likeness (QED) is 0.840. The average molecular weight is 254 g/mol. The summed E-state index contributed by atoms with van der Waals surface area (Å²) >= 11 is 0. The number of hydrogen-bond donors (Lipinski definition) is 1. The van der Waals surface area contributed by atoms with E-state index in [0.29, 0.717) is 24.8 Å². The number of rotatable bonds is 4. The molecule has 3 nitrogen and oxygen atoms in total. The number of benzene rings is 1. The Balaban J connectivity index is 2.43. The van der Waals surface area contributed by atoms with E-state index in [9.17, 15) is 9.67 Å². The summed E-state index contributed by atoms with van der Waals surface area (Å²) in [7, 11) is -3.18. The fourth-order valence-electron chi connectivity index (χ4n) is 2.48. The topological polar surface area (TPSA) is 46.5 Å². The second-order valence-corrected chi connectivity index (χ2v) is 7.20. The maximum absolute atomic E-state index is 13.1. The van der Waals surface area contributed by atoms with Gasteiger partial charge >= 0.3 is 0 Å². The van der Waals surface area contributed by atoms with Gasteiger partial charge in [0.25, 0.3) is 7.37 Å². The first-order chi connectivity index (χ1) is 8.12. The van der Waals surface area contributed by atoms with Crippen LogP contribution in [0.4, 0.5) is 0 Å². The largest absolute Gasteiger partial charge is 0.379 e. The van der Waals surface area contributed by atoms with E-state index in [0.717, 1.165) is 12.8 Å². The molecule has 1 aromatic carbocycles. The van der Waals surface area contributed by atoms with Crippen LogP contribution in [0.5, 0.6) is 0 Å². The third kappa shape index (κ3) is 2.20. The Hall–Kier alpha value is -0.630. The summed E-state index contributed by atoms with van der Waals surface area (Å²) in [5.41, 5.74) is 0. The molecular formula is C13H19O3P.